The van der Waals surface area contributed by atoms with Crippen molar-refractivity contribution < 1.29 is 9.18 Å². The fourth-order valence-corrected chi connectivity index (χ4v) is 3.26. The molecule has 100 valence electrons. The number of hydrogen-bond donors (Lipinski definition) is 2. The molecule has 7 heteroatoms. The van der Waals surface area contributed by atoms with E-state index in [0.29, 0.717) is 27.3 Å². The number of thiophene rings is 1. The zero-order chi connectivity index (χ0) is 14.0. The van der Waals surface area contributed by atoms with E-state index in [2.05, 4.69) is 21.2 Å². The number of nitrogens with one attached hydrogen (secondary N) is 1. The zero-order valence-corrected chi connectivity index (χ0v) is 12.7. The third kappa shape index (κ3) is 3.46. The van der Waals surface area contributed by atoms with Crippen LogP contribution in [-0.4, -0.2) is 5.91 Å². The van der Waals surface area contributed by atoms with Gasteiger partial charge in [-0.2, -0.15) is 0 Å². The van der Waals surface area contributed by atoms with Crippen LogP contribution in [0.4, 0.5) is 10.1 Å². The molecular formula is C12H9BrClFN2OS. The smallest absolute Gasteiger partial charge is 0.249 e. The SMILES string of the molecule is NC(=O)c1csc(CNc2c(Cl)cc(F)cc2Br)c1. The van der Waals surface area contributed by atoms with Crippen molar-refractivity contribution in [2.45, 2.75) is 6.54 Å². The highest BCUT2D eigenvalue weighted by atomic mass is 79.9. The van der Waals surface area contributed by atoms with Gasteiger partial charge in [0.15, 0.2) is 0 Å². The van der Waals surface area contributed by atoms with Crippen LogP contribution >= 0.6 is 38.9 Å². The van der Waals surface area contributed by atoms with Crippen LogP contribution in [0, 0.1) is 5.82 Å². The molecule has 0 unspecified atom stereocenters. The van der Waals surface area contributed by atoms with E-state index in [1.165, 1.54) is 23.5 Å². The lowest BCUT2D eigenvalue weighted by atomic mass is 10.3. The molecule has 19 heavy (non-hydrogen) atoms. The van der Waals surface area contributed by atoms with E-state index in [0.717, 1.165) is 4.88 Å². The summed E-state index contributed by atoms with van der Waals surface area (Å²) in [6.07, 6.45) is 0. The second-order valence-corrected chi connectivity index (χ2v) is 6.02. The summed E-state index contributed by atoms with van der Waals surface area (Å²) in [6.45, 7) is 0.474. The second-order valence-electron chi connectivity index (χ2n) is 3.76. The predicted molar refractivity (Wildman–Crippen MR) is 79.3 cm³/mol. The normalized spacial score (nSPS) is 10.5. The Morgan fingerprint density at radius 1 is 1.47 bits per heavy atom. The fourth-order valence-electron chi connectivity index (χ4n) is 1.49. The van der Waals surface area contributed by atoms with Crippen molar-refractivity contribution in [3.8, 4) is 0 Å². The molecular weight excluding hydrogens is 355 g/mol. The molecule has 2 aromatic rings. The third-order valence-electron chi connectivity index (χ3n) is 2.38. The summed E-state index contributed by atoms with van der Waals surface area (Å²) < 4.78 is 13.6. The molecule has 3 N–H and O–H groups in total. The number of benzene rings is 1. The van der Waals surface area contributed by atoms with Gasteiger partial charge in [-0.15, -0.1) is 11.3 Å². The minimum Gasteiger partial charge on any atom is -0.378 e. The van der Waals surface area contributed by atoms with Crippen LogP contribution in [-0.2, 0) is 6.54 Å². The van der Waals surface area contributed by atoms with E-state index in [9.17, 15) is 9.18 Å². The lowest BCUT2D eigenvalue weighted by Crippen LogP contribution is -2.09. The standard InChI is InChI=1S/C12H9BrClFN2OS/c13-9-2-7(15)3-10(14)11(9)17-4-8-1-6(5-19-8)12(16)18/h1-3,5,17H,4H2,(H2,16,18). The van der Waals surface area contributed by atoms with Gasteiger partial charge in [-0.3, -0.25) is 4.79 Å². The van der Waals surface area contributed by atoms with Gasteiger partial charge in [-0.1, -0.05) is 11.6 Å². The molecule has 0 aliphatic heterocycles. The lowest BCUT2D eigenvalue weighted by Gasteiger charge is -2.09. The fraction of sp³-hybridized carbons (Fsp3) is 0.0833. The summed E-state index contributed by atoms with van der Waals surface area (Å²) >= 11 is 10.6. The van der Waals surface area contributed by atoms with Gasteiger partial charge in [0.1, 0.15) is 5.82 Å². The Bertz CT molecular complexity index is 609. The molecule has 0 spiro atoms. The van der Waals surface area contributed by atoms with Crippen molar-refractivity contribution >= 4 is 50.5 Å². The molecule has 3 nitrogen and oxygen atoms in total. The highest BCUT2D eigenvalue weighted by Gasteiger charge is 2.09. The number of carbonyl (C=O) groups excluding carboxylic acids is 1. The van der Waals surface area contributed by atoms with Crippen LogP contribution in [0.5, 0.6) is 0 Å². The number of nitrogens with two attached hydrogens (primary N) is 1. The van der Waals surface area contributed by atoms with Crippen LogP contribution in [0.3, 0.4) is 0 Å². The minimum absolute atomic E-state index is 0.290. The zero-order valence-electron chi connectivity index (χ0n) is 9.54. The molecule has 1 heterocycles. The van der Waals surface area contributed by atoms with Gasteiger partial charge in [0.05, 0.1) is 16.3 Å². The molecule has 1 aromatic carbocycles. The summed E-state index contributed by atoms with van der Waals surface area (Å²) in [6, 6.07) is 4.28. The van der Waals surface area contributed by atoms with Gasteiger partial charge >= 0.3 is 0 Å². The number of halogens is 3. The number of primary amides is 1. The summed E-state index contributed by atoms with van der Waals surface area (Å²) in [7, 11) is 0. The summed E-state index contributed by atoms with van der Waals surface area (Å²) in [5, 5.41) is 5.08. The van der Waals surface area contributed by atoms with Gasteiger partial charge in [0.25, 0.3) is 0 Å². The van der Waals surface area contributed by atoms with Crippen molar-refractivity contribution in [3.63, 3.8) is 0 Å². The largest absolute Gasteiger partial charge is 0.378 e. The van der Waals surface area contributed by atoms with Crippen molar-refractivity contribution in [1.29, 1.82) is 0 Å². The maximum atomic E-state index is 13.1. The Hall–Kier alpha value is -1.11. The topological polar surface area (TPSA) is 55.1 Å². The first-order chi connectivity index (χ1) is 8.97. The monoisotopic (exact) mass is 362 g/mol. The molecule has 1 aromatic heterocycles. The highest BCUT2D eigenvalue weighted by Crippen LogP contribution is 2.32. The first-order valence-corrected chi connectivity index (χ1v) is 7.28. The maximum Gasteiger partial charge on any atom is 0.249 e. The van der Waals surface area contributed by atoms with Crippen LogP contribution < -0.4 is 11.1 Å². The van der Waals surface area contributed by atoms with Crippen molar-refractivity contribution in [3.05, 3.63) is 49.3 Å². The van der Waals surface area contributed by atoms with Gasteiger partial charge in [0, 0.05) is 21.3 Å². The maximum absolute atomic E-state index is 13.1. The van der Waals surface area contributed by atoms with E-state index in [1.54, 1.807) is 11.4 Å². The Morgan fingerprint density at radius 3 is 2.79 bits per heavy atom. The molecule has 0 saturated carbocycles. The molecule has 0 fully saturated rings. The van der Waals surface area contributed by atoms with E-state index < -0.39 is 11.7 Å². The molecule has 2 rings (SSSR count). The van der Waals surface area contributed by atoms with Crippen molar-refractivity contribution in [1.82, 2.24) is 0 Å². The Labute approximate surface area is 126 Å². The van der Waals surface area contributed by atoms with Gasteiger partial charge in [0.2, 0.25) is 5.91 Å². The van der Waals surface area contributed by atoms with Crippen LogP contribution in [0.15, 0.2) is 28.1 Å². The first kappa shape index (κ1) is 14.3. The molecule has 1 amide bonds. The molecule has 0 saturated heterocycles. The third-order valence-corrected chi connectivity index (χ3v) is 4.24. The number of rotatable bonds is 4. The molecule has 0 atom stereocenters. The number of carbonyl (C=O) groups is 1. The number of anilines is 1. The van der Waals surface area contributed by atoms with E-state index in [4.69, 9.17) is 17.3 Å². The number of amides is 1. The van der Waals surface area contributed by atoms with Gasteiger partial charge in [-0.25, -0.2) is 4.39 Å². The minimum atomic E-state index is -0.455. The number of hydrogen-bond acceptors (Lipinski definition) is 3. The van der Waals surface area contributed by atoms with E-state index >= 15 is 0 Å². The van der Waals surface area contributed by atoms with Gasteiger partial charge in [-0.05, 0) is 34.1 Å². The first-order valence-electron chi connectivity index (χ1n) is 5.23. The van der Waals surface area contributed by atoms with E-state index in [-0.39, 0.29) is 0 Å². The van der Waals surface area contributed by atoms with Gasteiger partial charge < -0.3 is 11.1 Å². The molecule has 0 bridgehead atoms. The summed E-state index contributed by atoms with van der Waals surface area (Å²) in [4.78, 5) is 11.9. The molecule has 0 radical (unpaired) electrons. The Kier molecular flexibility index (Phi) is 4.44. The van der Waals surface area contributed by atoms with E-state index in [1.807, 2.05) is 0 Å². The summed E-state index contributed by atoms with van der Waals surface area (Å²) in [5.74, 6) is -0.863. The van der Waals surface area contributed by atoms with Crippen molar-refractivity contribution in [2.75, 3.05) is 5.32 Å². The predicted octanol–water partition coefficient (Wildman–Crippen LogP) is 4.01. The lowest BCUT2D eigenvalue weighted by molar-refractivity contribution is 0.100. The second kappa shape index (κ2) is 5.90. The quantitative estimate of drug-likeness (QED) is 0.862. The Morgan fingerprint density at radius 2 is 2.21 bits per heavy atom. The van der Waals surface area contributed by atoms with Crippen LogP contribution in [0.2, 0.25) is 5.02 Å². The molecule has 0 aliphatic carbocycles. The molecule has 0 aliphatic rings. The Balaban J connectivity index is 2.12. The van der Waals surface area contributed by atoms with Crippen LogP contribution in [0.1, 0.15) is 15.2 Å². The average Bonchev–Trinajstić information content (AvgIpc) is 2.76. The van der Waals surface area contributed by atoms with Crippen molar-refractivity contribution in [2.24, 2.45) is 5.73 Å². The summed E-state index contributed by atoms with van der Waals surface area (Å²) in [5.41, 5.74) is 6.26. The highest BCUT2D eigenvalue weighted by molar-refractivity contribution is 9.10. The van der Waals surface area contributed by atoms with Crippen LogP contribution in [0.25, 0.3) is 0 Å². The average molecular weight is 364 g/mol.